The maximum absolute atomic E-state index is 3.48. The molecule has 3 rings (SSSR count). The highest BCUT2D eigenvalue weighted by atomic mass is 15.2. The van der Waals surface area contributed by atoms with Gasteiger partial charge in [-0.25, -0.2) is 0 Å². The van der Waals surface area contributed by atoms with Gasteiger partial charge in [-0.05, 0) is 42.4 Å². The molecule has 2 nitrogen and oxygen atoms in total. The zero-order valence-electron chi connectivity index (χ0n) is 11.6. The normalized spacial score (nSPS) is 18.2. The van der Waals surface area contributed by atoms with Crippen LogP contribution in [0, 0.1) is 5.92 Å². The first-order valence-electron chi connectivity index (χ1n) is 7.32. The average Bonchev–Trinajstić information content (AvgIpc) is 3.07. The molecule has 0 radical (unpaired) electrons. The molecule has 1 saturated carbocycles. The van der Waals surface area contributed by atoms with Crippen molar-refractivity contribution in [1.29, 1.82) is 0 Å². The lowest BCUT2D eigenvalue weighted by Crippen LogP contribution is -2.29. The van der Waals surface area contributed by atoms with Crippen molar-refractivity contribution >= 4 is 5.69 Å². The van der Waals surface area contributed by atoms with Gasteiger partial charge in [0.25, 0.3) is 0 Å². The second kappa shape index (κ2) is 4.93. The summed E-state index contributed by atoms with van der Waals surface area (Å²) < 4.78 is 0. The van der Waals surface area contributed by atoms with E-state index in [1.54, 1.807) is 0 Å². The molecule has 2 heteroatoms. The van der Waals surface area contributed by atoms with E-state index in [9.17, 15) is 0 Å². The molecule has 18 heavy (non-hydrogen) atoms. The van der Waals surface area contributed by atoms with E-state index in [0.717, 1.165) is 25.0 Å². The zero-order chi connectivity index (χ0) is 12.5. The molecular formula is C16H24N2. The van der Waals surface area contributed by atoms with Crippen LogP contribution < -0.4 is 5.32 Å². The van der Waals surface area contributed by atoms with Gasteiger partial charge in [0.1, 0.15) is 0 Å². The molecule has 1 aromatic rings. The third-order valence-corrected chi connectivity index (χ3v) is 3.93. The summed E-state index contributed by atoms with van der Waals surface area (Å²) in [6, 6.07) is 7.85. The summed E-state index contributed by atoms with van der Waals surface area (Å²) in [5, 5.41) is 3.48. The second-order valence-corrected chi connectivity index (χ2v) is 6.22. The van der Waals surface area contributed by atoms with Gasteiger partial charge >= 0.3 is 0 Å². The smallest absolute Gasteiger partial charge is 0.0376 e. The average molecular weight is 244 g/mol. The van der Waals surface area contributed by atoms with Crippen LogP contribution in [0.25, 0.3) is 0 Å². The van der Waals surface area contributed by atoms with Crippen LogP contribution >= 0.6 is 0 Å². The molecule has 1 heterocycles. The topological polar surface area (TPSA) is 15.3 Å². The Balaban J connectivity index is 1.70. The van der Waals surface area contributed by atoms with Gasteiger partial charge in [0.15, 0.2) is 0 Å². The summed E-state index contributed by atoms with van der Waals surface area (Å²) in [5.74, 6) is 0.762. The predicted molar refractivity (Wildman–Crippen MR) is 76.9 cm³/mol. The minimum absolute atomic E-state index is 0.762. The predicted octanol–water partition coefficient (Wildman–Crippen LogP) is 3.28. The lowest BCUT2D eigenvalue weighted by Gasteiger charge is -2.24. The van der Waals surface area contributed by atoms with Gasteiger partial charge in [0, 0.05) is 31.4 Å². The number of hydrogen-bond acceptors (Lipinski definition) is 2. The molecule has 0 saturated heterocycles. The highest BCUT2D eigenvalue weighted by Crippen LogP contribution is 2.30. The fourth-order valence-corrected chi connectivity index (χ4v) is 2.92. The molecule has 0 unspecified atom stereocenters. The Kier molecular flexibility index (Phi) is 3.29. The van der Waals surface area contributed by atoms with Gasteiger partial charge in [-0.3, -0.25) is 4.90 Å². The summed E-state index contributed by atoms with van der Waals surface area (Å²) >= 11 is 0. The minimum atomic E-state index is 0.762. The van der Waals surface area contributed by atoms with Crippen molar-refractivity contribution in [2.45, 2.75) is 45.7 Å². The summed E-state index contributed by atoms with van der Waals surface area (Å²) in [4.78, 5) is 2.67. The van der Waals surface area contributed by atoms with Crippen molar-refractivity contribution in [3.63, 3.8) is 0 Å². The number of nitrogens with zero attached hydrogens (tertiary/aromatic N) is 1. The van der Waals surface area contributed by atoms with E-state index in [2.05, 4.69) is 42.3 Å². The highest BCUT2D eigenvalue weighted by molar-refractivity contribution is 5.57. The second-order valence-electron chi connectivity index (χ2n) is 6.22. The van der Waals surface area contributed by atoms with Crippen LogP contribution in [0.5, 0.6) is 0 Å². The Hall–Kier alpha value is -1.02. The summed E-state index contributed by atoms with van der Waals surface area (Å²) in [7, 11) is 0. The van der Waals surface area contributed by atoms with Crippen molar-refractivity contribution in [2.75, 3.05) is 18.4 Å². The molecule has 1 fully saturated rings. The van der Waals surface area contributed by atoms with Gasteiger partial charge in [-0.15, -0.1) is 0 Å². The monoisotopic (exact) mass is 244 g/mol. The number of anilines is 1. The molecule has 0 bridgehead atoms. The van der Waals surface area contributed by atoms with E-state index in [1.807, 2.05) is 0 Å². The minimum Gasteiger partial charge on any atom is -0.384 e. The summed E-state index contributed by atoms with van der Waals surface area (Å²) in [6.07, 6.45) is 3.99. The van der Waals surface area contributed by atoms with Gasteiger partial charge in [0.05, 0.1) is 0 Å². The van der Waals surface area contributed by atoms with Crippen LogP contribution in [0.2, 0.25) is 0 Å². The molecule has 1 aromatic carbocycles. The van der Waals surface area contributed by atoms with Crippen LogP contribution in [0.15, 0.2) is 18.2 Å². The van der Waals surface area contributed by atoms with Crippen LogP contribution in [-0.2, 0) is 13.0 Å². The lowest BCUT2D eigenvalue weighted by molar-refractivity contribution is 0.226. The van der Waals surface area contributed by atoms with Crippen molar-refractivity contribution in [1.82, 2.24) is 4.90 Å². The summed E-state index contributed by atoms with van der Waals surface area (Å²) in [6.45, 7) is 8.10. The third kappa shape index (κ3) is 2.69. The SMILES string of the molecule is CC(C)CN(Cc1ccc2c(c1)NCC2)C1CC1. The van der Waals surface area contributed by atoms with Gasteiger partial charge in [0.2, 0.25) is 0 Å². The number of fused-ring (bicyclic) bond motifs is 1. The number of benzene rings is 1. The Morgan fingerprint density at radius 1 is 1.33 bits per heavy atom. The van der Waals surface area contributed by atoms with E-state index in [-0.39, 0.29) is 0 Å². The number of nitrogens with one attached hydrogen (secondary N) is 1. The Labute approximate surface area is 110 Å². The maximum Gasteiger partial charge on any atom is 0.0376 e. The Morgan fingerprint density at radius 3 is 2.89 bits per heavy atom. The highest BCUT2D eigenvalue weighted by Gasteiger charge is 2.29. The first kappa shape index (κ1) is 12.0. The third-order valence-electron chi connectivity index (χ3n) is 3.93. The Bertz CT molecular complexity index is 421. The van der Waals surface area contributed by atoms with Crippen molar-refractivity contribution in [3.8, 4) is 0 Å². The summed E-state index contributed by atoms with van der Waals surface area (Å²) in [5.41, 5.74) is 4.32. The van der Waals surface area contributed by atoms with Crippen LogP contribution in [0.1, 0.15) is 37.8 Å². The first-order valence-corrected chi connectivity index (χ1v) is 7.32. The van der Waals surface area contributed by atoms with Crippen molar-refractivity contribution < 1.29 is 0 Å². The molecule has 0 aromatic heterocycles. The largest absolute Gasteiger partial charge is 0.384 e. The van der Waals surface area contributed by atoms with E-state index in [4.69, 9.17) is 0 Å². The number of hydrogen-bond donors (Lipinski definition) is 1. The van der Waals surface area contributed by atoms with Crippen LogP contribution in [0.3, 0.4) is 0 Å². The fraction of sp³-hybridized carbons (Fsp3) is 0.625. The molecule has 0 spiro atoms. The molecule has 1 N–H and O–H groups in total. The van der Waals surface area contributed by atoms with Gasteiger partial charge < -0.3 is 5.32 Å². The first-order chi connectivity index (χ1) is 8.72. The van der Waals surface area contributed by atoms with E-state index in [1.165, 1.54) is 42.6 Å². The van der Waals surface area contributed by atoms with Gasteiger partial charge in [-0.1, -0.05) is 26.0 Å². The lowest BCUT2D eigenvalue weighted by atomic mass is 10.1. The maximum atomic E-state index is 3.48. The Morgan fingerprint density at radius 2 is 2.17 bits per heavy atom. The van der Waals surface area contributed by atoms with Crippen molar-refractivity contribution in [3.05, 3.63) is 29.3 Å². The van der Waals surface area contributed by atoms with Gasteiger partial charge in [-0.2, -0.15) is 0 Å². The molecule has 0 amide bonds. The van der Waals surface area contributed by atoms with Crippen LogP contribution in [0.4, 0.5) is 5.69 Å². The number of rotatable bonds is 5. The fourth-order valence-electron chi connectivity index (χ4n) is 2.92. The molecule has 2 aliphatic rings. The van der Waals surface area contributed by atoms with E-state index < -0.39 is 0 Å². The molecule has 1 aliphatic carbocycles. The van der Waals surface area contributed by atoms with E-state index >= 15 is 0 Å². The molecule has 0 atom stereocenters. The van der Waals surface area contributed by atoms with Crippen LogP contribution in [-0.4, -0.2) is 24.0 Å². The molecule has 98 valence electrons. The quantitative estimate of drug-likeness (QED) is 0.855. The molecule has 1 aliphatic heterocycles. The molecular weight excluding hydrogens is 220 g/mol. The zero-order valence-corrected chi connectivity index (χ0v) is 11.6. The van der Waals surface area contributed by atoms with E-state index in [0.29, 0.717) is 0 Å². The van der Waals surface area contributed by atoms with Crippen molar-refractivity contribution in [2.24, 2.45) is 5.92 Å². The standard InChI is InChI=1S/C16H24N2/c1-12(2)10-18(15-5-6-15)11-13-3-4-14-7-8-17-16(14)9-13/h3-4,9,12,15,17H,5-8,10-11H2,1-2H3.